The Bertz CT molecular complexity index is 255. The summed E-state index contributed by atoms with van der Waals surface area (Å²) >= 11 is 0. The van der Waals surface area contributed by atoms with Gasteiger partial charge in [-0.2, -0.15) is 0 Å². The monoisotopic (exact) mass is 404 g/mol. The maximum absolute atomic E-state index is 2.52. The first-order chi connectivity index (χ1) is 12.6. The van der Waals surface area contributed by atoms with Crippen LogP contribution in [0.2, 0.25) is 0 Å². The molecule has 0 N–H and O–H groups in total. The highest BCUT2D eigenvalue weighted by atomic mass is 31.2. The Morgan fingerprint density at radius 1 is 0.346 bits per heavy atom. The lowest BCUT2D eigenvalue weighted by Crippen LogP contribution is -2.14. The Hall–Kier alpha value is 0.860. The van der Waals surface area contributed by atoms with Gasteiger partial charge in [0, 0.05) is 14.5 Å². The molecule has 0 spiro atoms. The third-order valence-corrected chi connectivity index (χ3v) is 17.1. The van der Waals surface area contributed by atoms with Crippen molar-refractivity contribution in [3.8, 4) is 0 Å². The molecule has 0 aliphatic rings. The third-order valence-electron chi connectivity index (χ3n) is 6.80. The molecule has 0 rings (SSSR count). The van der Waals surface area contributed by atoms with Crippen LogP contribution in [0.25, 0.3) is 0 Å². The van der Waals surface area contributed by atoms with Gasteiger partial charge in [-0.1, -0.05) is 53.4 Å². The minimum absolute atomic E-state index is 0.631. The lowest BCUT2D eigenvalue weighted by atomic mass is 10.4. The van der Waals surface area contributed by atoms with Gasteiger partial charge in [-0.3, -0.25) is 0 Å². The Morgan fingerprint density at radius 2 is 0.577 bits per heavy atom. The molecule has 0 atom stereocenters. The molecule has 0 saturated heterocycles. The molecule has 2 heteroatoms. The Morgan fingerprint density at radius 3 is 0.769 bits per heavy atom. The van der Waals surface area contributed by atoms with Crippen molar-refractivity contribution in [1.29, 1.82) is 0 Å². The smallest absolute Gasteiger partial charge is 0.0595 e. The molecule has 0 radical (unpaired) electrons. The Labute approximate surface area is 169 Å². The van der Waals surface area contributed by atoms with E-state index in [1.165, 1.54) is 63.7 Å². The SMILES string of the molecule is CCCC[P+](CC)(CCCC)CCCC[P+](CC)(CCCC)CCCC. The molecule has 0 unspecified atom stereocenters. The van der Waals surface area contributed by atoms with E-state index in [1.54, 1.807) is 49.8 Å². The lowest BCUT2D eigenvalue weighted by molar-refractivity contribution is 0.821. The zero-order chi connectivity index (χ0) is 19.7. The van der Waals surface area contributed by atoms with Gasteiger partial charge in [0.1, 0.15) is 0 Å². The van der Waals surface area contributed by atoms with Crippen molar-refractivity contribution >= 4 is 14.5 Å². The third kappa shape index (κ3) is 11.0. The summed E-state index contributed by atoms with van der Waals surface area (Å²) in [5, 5.41) is 0. The van der Waals surface area contributed by atoms with E-state index in [-0.39, 0.29) is 0 Å². The summed E-state index contributed by atoms with van der Waals surface area (Å²) in [7, 11) is -1.26. The van der Waals surface area contributed by atoms with Gasteiger partial charge in [0.2, 0.25) is 0 Å². The Kier molecular flexibility index (Phi) is 17.3. The van der Waals surface area contributed by atoms with E-state index in [4.69, 9.17) is 0 Å². The van der Waals surface area contributed by atoms with Crippen molar-refractivity contribution < 1.29 is 0 Å². The van der Waals surface area contributed by atoms with E-state index in [0.717, 1.165) is 0 Å². The van der Waals surface area contributed by atoms with Crippen LogP contribution in [0.1, 0.15) is 106 Å². The fourth-order valence-corrected chi connectivity index (χ4v) is 13.5. The second kappa shape index (κ2) is 16.8. The number of rotatable bonds is 19. The predicted molar refractivity (Wildman–Crippen MR) is 133 cm³/mol. The van der Waals surface area contributed by atoms with Crippen molar-refractivity contribution in [2.75, 3.05) is 49.3 Å². The fourth-order valence-electron chi connectivity index (χ4n) is 4.49. The van der Waals surface area contributed by atoms with Crippen LogP contribution in [0.3, 0.4) is 0 Å². The fraction of sp³-hybridized carbons (Fsp3) is 1.00. The van der Waals surface area contributed by atoms with Crippen molar-refractivity contribution in [3.05, 3.63) is 0 Å². The topological polar surface area (TPSA) is 0 Å². The van der Waals surface area contributed by atoms with Crippen LogP contribution < -0.4 is 0 Å². The molecule has 0 heterocycles. The van der Waals surface area contributed by atoms with E-state index in [9.17, 15) is 0 Å². The quantitative estimate of drug-likeness (QED) is 0.149. The molecule has 0 nitrogen and oxygen atoms in total. The lowest BCUT2D eigenvalue weighted by Gasteiger charge is -2.29. The first-order valence-corrected chi connectivity index (χ1v) is 17.3. The van der Waals surface area contributed by atoms with Gasteiger partial charge in [-0.05, 0) is 52.4 Å². The van der Waals surface area contributed by atoms with Crippen molar-refractivity contribution in [1.82, 2.24) is 0 Å². The summed E-state index contributed by atoms with van der Waals surface area (Å²) in [5.74, 6) is 0. The van der Waals surface area contributed by atoms with Gasteiger partial charge in [0.15, 0.2) is 0 Å². The highest BCUT2D eigenvalue weighted by molar-refractivity contribution is 7.76. The maximum atomic E-state index is 2.52. The van der Waals surface area contributed by atoms with Crippen LogP contribution in [0.4, 0.5) is 0 Å². The molecule has 0 amide bonds. The first-order valence-electron chi connectivity index (χ1n) is 12.3. The molecule has 26 heavy (non-hydrogen) atoms. The van der Waals surface area contributed by atoms with Gasteiger partial charge in [0.05, 0.1) is 49.3 Å². The van der Waals surface area contributed by atoms with Gasteiger partial charge < -0.3 is 0 Å². The molecule has 0 aromatic carbocycles. The first kappa shape index (κ1) is 26.9. The predicted octanol–water partition coefficient (Wildman–Crippen LogP) is 9.04. The number of hydrogen-bond donors (Lipinski definition) is 0. The largest absolute Gasteiger partial charge is 0.0652 e. The maximum Gasteiger partial charge on any atom is 0.0595 e. The summed E-state index contributed by atoms with van der Waals surface area (Å²) in [5.41, 5.74) is 0. The Balaban J connectivity index is 4.66. The van der Waals surface area contributed by atoms with E-state index in [1.807, 2.05) is 0 Å². The van der Waals surface area contributed by atoms with Gasteiger partial charge in [-0.25, -0.2) is 0 Å². The van der Waals surface area contributed by atoms with Crippen LogP contribution in [-0.4, -0.2) is 49.3 Å². The number of hydrogen-bond acceptors (Lipinski definition) is 0. The molecule has 0 bridgehead atoms. The molecule has 0 aromatic heterocycles. The minimum Gasteiger partial charge on any atom is -0.0652 e. The summed E-state index contributed by atoms with van der Waals surface area (Å²) in [6.07, 6.45) is 27.3. The summed E-state index contributed by atoms with van der Waals surface area (Å²) in [4.78, 5) is 0. The molecular weight excluding hydrogens is 350 g/mol. The molecule has 0 aromatic rings. The van der Waals surface area contributed by atoms with Crippen molar-refractivity contribution in [2.24, 2.45) is 0 Å². The van der Waals surface area contributed by atoms with E-state index in [0.29, 0.717) is 0 Å². The summed E-state index contributed by atoms with van der Waals surface area (Å²) < 4.78 is 0. The van der Waals surface area contributed by atoms with Gasteiger partial charge >= 0.3 is 0 Å². The van der Waals surface area contributed by atoms with Crippen LogP contribution in [0.15, 0.2) is 0 Å². The van der Waals surface area contributed by atoms with Gasteiger partial charge in [0.25, 0.3) is 0 Å². The molecule has 0 fully saturated rings. The standard InChI is InChI=1S/C24H54P2/c1-7-13-19-25(11-5,20-14-8-2)23-17-18-24-26(12-6,21-15-9-3)22-16-10-4/h7-24H2,1-6H3/q+2. The van der Waals surface area contributed by atoms with Crippen LogP contribution in [0, 0.1) is 0 Å². The molecule has 158 valence electrons. The van der Waals surface area contributed by atoms with Crippen LogP contribution >= 0.6 is 14.5 Å². The average molecular weight is 405 g/mol. The van der Waals surface area contributed by atoms with Crippen LogP contribution in [0.5, 0.6) is 0 Å². The second-order valence-electron chi connectivity index (χ2n) is 8.78. The zero-order valence-corrected chi connectivity index (χ0v) is 21.4. The highest BCUT2D eigenvalue weighted by Gasteiger charge is 2.36. The number of unbranched alkanes of at least 4 members (excludes halogenated alkanes) is 5. The van der Waals surface area contributed by atoms with E-state index < -0.39 is 14.5 Å². The zero-order valence-electron chi connectivity index (χ0n) is 19.6. The van der Waals surface area contributed by atoms with E-state index in [2.05, 4.69) is 41.5 Å². The normalized spacial score (nSPS) is 12.7. The van der Waals surface area contributed by atoms with Gasteiger partial charge in [-0.15, -0.1) is 0 Å². The minimum atomic E-state index is -0.631. The second-order valence-corrected chi connectivity index (χ2v) is 18.1. The van der Waals surface area contributed by atoms with E-state index >= 15 is 0 Å². The highest BCUT2D eigenvalue weighted by Crippen LogP contribution is 2.62. The molecule has 0 saturated carbocycles. The van der Waals surface area contributed by atoms with Crippen LogP contribution in [-0.2, 0) is 0 Å². The van der Waals surface area contributed by atoms with Crippen molar-refractivity contribution in [3.63, 3.8) is 0 Å². The van der Waals surface area contributed by atoms with Crippen molar-refractivity contribution in [2.45, 2.75) is 106 Å². The average Bonchev–Trinajstić information content (AvgIpc) is 2.68. The summed E-state index contributed by atoms with van der Waals surface area (Å²) in [6.45, 7) is 14.6. The molecule has 0 aliphatic heterocycles. The summed E-state index contributed by atoms with van der Waals surface area (Å²) in [6, 6.07) is 0. The molecular formula is C24H54P2+2. The molecule has 0 aliphatic carbocycles.